The molecule has 2 aromatic carbocycles. The van der Waals surface area contributed by atoms with Gasteiger partial charge >= 0.3 is 0 Å². The third kappa shape index (κ3) is 3.87. The van der Waals surface area contributed by atoms with Crippen LogP contribution in [-0.4, -0.2) is 0 Å². The van der Waals surface area contributed by atoms with Gasteiger partial charge in [0.2, 0.25) is 0 Å². The molecule has 0 amide bonds. The standard InChI is InChI=1S/C15H14Cl3N/c1-9-2-3-10(14(18)4-9)7-15(19)11-5-12(16)8-13(17)6-11/h2-6,8,15H,7,19H2,1H3. The van der Waals surface area contributed by atoms with Crippen LogP contribution >= 0.6 is 34.8 Å². The number of halogens is 3. The lowest BCUT2D eigenvalue weighted by molar-refractivity contribution is 0.722. The van der Waals surface area contributed by atoms with Gasteiger partial charge in [-0.2, -0.15) is 0 Å². The summed E-state index contributed by atoms with van der Waals surface area (Å²) in [5.41, 5.74) is 9.26. The van der Waals surface area contributed by atoms with Crippen molar-refractivity contribution in [1.82, 2.24) is 0 Å². The van der Waals surface area contributed by atoms with Gasteiger partial charge in [0, 0.05) is 21.1 Å². The summed E-state index contributed by atoms with van der Waals surface area (Å²) >= 11 is 18.2. The van der Waals surface area contributed by atoms with Gasteiger partial charge in [-0.05, 0) is 54.3 Å². The van der Waals surface area contributed by atoms with Gasteiger partial charge < -0.3 is 5.73 Å². The molecule has 1 unspecified atom stereocenters. The van der Waals surface area contributed by atoms with Crippen molar-refractivity contribution in [1.29, 1.82) is 0 Å². The van der Waals surface area contributed by atoms with Crippen LogP contribution in [-0.2, 0) is 6.42 Å². The number of aryl methyl sites for hydroxylation is 1. The summed E-state index contributed by atoms with van der Waals surface area (Å²) in [5.74, 6) is 0. The maximum Gasteiger partial charge on any atom is 0.0441 e. The topological polar surface area (TPSA) is 26.0 Å². The van der Waals surface area contributed by atoms with Gasteiger partial charge in [0.1, 0.15) is 0 Å². The molecule has 0 saturated carbocycles. The zero-order valence-electron chi connectivity index (χ0n) is 10.5. The Kier molecular flexibility index (Phi) is 4.75. The lowest BCUT2D eigenvalue weighted by Crippen LogP contribution is -2.13. The van der Waals surface area contributed by atoms with Crippen LogP contribution in [0.25, 0.3) is 0 Å². The van der Waals surface area contributed by atoms with E-state index in [0.717, 1.165) is 21.7 Å². The first-order valence-electron chi connectivity index (χ1n) is 5.92. The molecule has 0 spiro atoms. The number of nitrogens with two attached hydrogens (primary N) is 1. The molecule has 0 bridgehead atoms. The number of hydrogen-bond acceptors (Lipinski definition) is 1. The second-order valence-corrected chi connectivity index (χ2v) is 5.89. The minimum Gasteiger partial charge on any atom is -0.324 e. The zero-order chi connectivity index (χ0) is 14.0. The van der Waals surface area contributed by atoms with E-state index in [9.17, 15) is 0 Å². The smallest absolute Gasteiger partial charge is 0.0441 e. The Morgan fingerprint density at radius 2 is 1.63 bits per heavy atom. The Hall–Kier alpha value is -0.730. The molecule has 2 aromatic rings. The van der Waals surface area contributed by atoms with E-state index in [0.29, 0.717) is 16.5 Å². The monoisotopic (exact) mass is 313 g/mol. The first-order valence-corrected chi connectivity index (χ1v) is 7.05. The van der Waals surface area contributed by atoms with Crippen molar-refractivity contribution in [2.24, 2.45) is 5.73 Å². The molecule has 2 rings (SSSR count). The van der Waals surface area contributed by atoms with Crippen LogP contribution in [0.5, 0.6) is 0 Å². The molecule has 0 fully saturated rings. The molecule has 0 aliphatic rings. The molecular formula is C15H14Cl3N. The summed E-state index contributed by atoms with van der Waals surface area (Å²) in [7, 11) is 0. The lowest BCUT2D eigenvalue weighted by atomic mass is 9.99. The Balaban J connectivity index is 2.22. The minimum absolute atomic E-state index is 0.184. The van der Waals surface area contributed by atoms with Crippen molar-refractivity contribution in [3.8, 4) is 0 Å². The quantitative estimate of drug-likeness (QED) is 0.828. The number of hydrogen-bond donors (Lipinski definition) is 1. The largest absolute Gasteiger partial charge is 0.324 e. The highest BCUT2D eigenvalue weighted by molar-refractivity contribution is 6.34. The first kappa shape index (κ1) is 14.7. The second kappa shape index (κ2) is 6.15. The van der Waals surface area contributed by atoms with Crippen molar-refractivity contribution >= 4 is 34.8 Å². The fourth-order valence-corrected chi connectivity index (χ4v) is 2.82. The molecule has 1 nitrogen and oxygen atoms in total. The second-order valence-electron chi connectivity index (χ2n) is 4.61. The van der Waals surface area contributed by atoms with Gasteiger partial charge in [0.25, 0.3) is 0 Å². The van der Waals surface area contributed by atoms with Gasteiger partial charge in [-0.25, -0.2) is 0 Å². The Labute approximate surface area is 128 Å². The minimum atomic E-state index is -0.184. The van der Waals surface area contributed by atoms with Crippen LogP contribution in [0.2, 0.25) is 15.1 Å². The van der Waals surface area contributed by atoms with Crippen LogP contribution in [0.3, 0.4) is 0 Å². The summed E-state index contributed by atoms with van der Waals surface area (Å²) in [6.07, 6.45) is 0.649. The maximum atomic E-state index is 6.22. The molecule has 4 heteroatoms. The van der Waals surface area contributed by atoms with Crippen molar-refractivity contribution in [2.75, 3.05) is 0 Å². The molecule has 0 aliphatic heterocycles. The first-order chi connectivity index (χ1) is 8.95. The predicted octanol–water partition coefficient (Wildman–Crippen LogP) is 5.20. The molecule has 0 aromatic heterocycles. The van der Waals surface area contributed by atoms with Crippen LogP contribution in [0.4, 0.5) is 0 Å². The summed E-state index contributed by atoms with van der Waals surface area (Å²) in [6.45, 7) is 2.01. The van der Waals surface area contributed by atoms with E-state index in [4.69, 9.17) is 40.5 Å². The van der Waals surface area contributed by atoms with Crippen molar-refractivity contribution in [3.63, 3.8) is 0 Å². The maximum absolute atomic E-state index is 6.22. The molecule has 19 heavy (non-hydrogen) atoms. The van der Waals surface area contributed by atoms with Gasteiger partial charge in [-0.3, -0.25) is 0 Å². The Morgan fingerprint density at radius 1 is 1.00 bits per heavy atom. The van der Waals surface area contributed by atoms with Crippen LogP contribution in [0.15, 0.2) is 36.4 Å². The Bertz CT molecular complexity index is 576. The van der Waals surface area contributed by atoms with Crippen LogP contribution < -0.4 is 5.73 Å². The van der Waals surface area contributed by atoms with E-state index in [1.807, 2.05) is 37.3 Å². The number of rotatable bonds is 3. The van der Waals surface area contributed by atoms with Crippen LogP contribution in [0.1, 0.15) is 22.7 Å². The molecule has 0 saturated heterocycles. The highest BCUT2D eigenvalue weighted by atomic mass is 35.5. The predicted molar refractivity (Wildman–Crippen MR) is 83.3 cm³/mol. The molecule has 0 aliphatic carbocycles. The van der Waals surface area contributed by atoms with E-state index in [1.54, 1.807) is 6.07 Å². The van der Waals surface area contributed by atoms with Gasteiger partial charge in [0.05, 0.1) is 0 Å². The van der Waals surface area contributed by atoms with E-state index >= 15 is 0 Å². The molecule has 0 heterocycles. The summed E-state index contributed by atoms with van der Waals surface area (Å²) in [4.78, 5) is 0. The highest BCUT2D eigenvalue weighted by Crippen LogP contribution is 2.27. The van der Waals surface area contributed by atoms with Crippen molar-refractivity contribution in [3.05, 3.63) is 68.2 Å². The van der Waals surface area contributed by atoms with E-state index < -0.39 is 0 Å². The van der Waals surface area contributed by atoms with Crippen LogP contribution in [0, 0.1) is 6.92 Å². The number of benzene rings is 2. The SMILES string of the molecule is Cc1ccc(CC(N)c2cc(Cl)cc(Cl)c2)c(Cl)c1. The van der Waals surface area contributed by atoms with Gasteiger partial charge in [-0.1, -0.05) is 46.9 Å². The molecule has 0 radical (unpaired) electrons. The third-order valence-corrected chi connectivity index (χ3v) is 3.75. The van der Waals surface area contributed by atoms with Gasteiger partial charge in [0.15, 0.2) is 0 Å². The van der Waals surface area contributed by atoms with E-state index in [1.165, 1.54) is 0 Å². The van der Waals surface area contributed by atoms with Crippen molar-refractivity contribution < 1.29 is 0 Å². The summed E-state index contributed by atoms with van der Waals surface area (Å²) in [6, 6.07) is 11.1. The van der Waals surface area contributed by atoms with Gasteiger partial charge in [-0.15, -0.1) is 0 Å². The van der Waals surface area contributed by atoms with Crippen molar-refractivity contribution in [2.45, 2.75) is 19.4 Å². The Morgan fingerprint density at radius 3 is 2.21 bits per heavy atom. The highest BCUT2D eigenvalue weighted by Gasteiger charge is 2.11. The molecule has 1 atom stereocenters. The fraction of sp³-hybridized carbons (Fsp3) is 0.200. The normalized spacial score (nSPS) is 12.5. The summed E-state index contributed by atoms with van der Waals surface area (Å²) in [5, 5.41) is 1.92. The fourth-order valence-electron chi connectivity index (χ4n) is 1.96. The molecule has 100 valence electrons. The van der Waals surface area contributed by atoms with E-state index in [-0.39, 0.29) is 6.04 Å². The average molecular weight is 315 g/mol. The third-order valence-electron chi connectivity index (χ3n) is 2.96. The molecule has 2 N–H and O–H groups in total. The average Bonchev–Trinajstić information content (AvgIpc) is 2.31. The summed E-state index contributed by atoms with van der Waals surface area (Å²) < 4.78 is 0. The zero-order valence-corrected chi connectivity index (χ0v) is 12.7. The lowest BCUT2D eigenvalue weighted by Gasteiger charge is -2.14. The molecular weight excluding hydrogens is 301 g/mol. The van der Waals surface area contributed by atoms with E-state index in [2.05, 4.69) is 0 Å².